The van der Waals surface area contributed by atoms with Crippen LogP contribution < -0.4 is 10.6 Å². The summed E-state index contributed by atoms with van der Waals surface area (Å²) in [6.07, 6.45) is 8.33. The highest BCUT2D eigenvalue weighted by atomic mass is 16.4. The van der Waals surface area contributed by atoms with Gasteiger partial charge in [0, 0.05) is 12.8 Å². The van der Waals surface area contributed by atoms with E-state index < -0.39 is 11.9 Å². The van der Waals surface area contributed by atoms with E-state index in [0.29, 0.717) is 12.8 Å². The molecule has 24 heavy (non-hydrogen) atoms. The van der Waals surface area contributed by atoms with E-state index in [0.717, 1.165) is 51.4 Å². The third kappa shape index (κ3) is 16.3. The first-order valence-corrected chi connectivity index (χ1v) is 8.39. The van der Waals surface area contributed by atoms with Crippen LogP contribution in [0.3, 0.4) is 0 Å². The zero-order valence-corrected chi connectivity index (χ0v) is 14.0. The highest BCUT2D eigenvalue weighted by Gasteiger charge is 2.04. The van der Waals surface area contributed by atoms with Crippen molar-refractivity contribution in [2.45, 2.75) is 64.2 Å². The maximum Gasteiger partial charge on any atom is 0.322 e. The number of rotatable bonds is 15. The van der Waals surface area contributed by atoms with Crippen LogP contribution in [0.15, 0.2) is 0 Å². The van der Waals surface area contributed by atoms with E-state index in [2.05, 4.69) is 10.6 Å². The quantitative estimate of drug-likeness (QED) is 0.331. The van der Waals surface area contributed by atoms with Gasteiger partial charge in [0.05, 0.1) is 0 Å². The van der Waals surface area contributed by atoms with Crippen LogP contribution in [0.4, 0.5) is 0 Å². The first-order valence-electron chi connectivity index (χ1n) is 8.39. The summed E-state index contributed by atoms with van der Waals surface area (Å²) in [5.41, 5.74) is 0. The number of aliphatic carboxylic acids is 2. The third-order valence-electron chi connectivity index (χ3n) is 3.43. The van der Waals surface area contributed by atoms with Gasteiger partial charge in [-0.15, -0.1) is 0 Å². The first-order chi connectivity index (χ1) is 11.4. The summed E-state index contributed by atoms with van der Waals surface area (Å²) >= 11 is 0. The molecule has 0 aliphatic rings. The predicted octanol–water partition coefficient (Wildman–Crippen LogP) is 1.29. The van der Waals surface area contributed by atoms with Gasteiger partial charge in [-0.3, -0.25) is 19.2 Å². The highest BCUT2D eigenvalue weighted by molar-refractivity contribution is 5.81. The topological polar surface area (TPSA) is 133 Å². The van der Waals surface area contributed by atoms with Gasteiger partial charge in [-0.25, -0.2) is 0 Å². The molecule has 0 aliphatic carbocycles. The monoisotopic (exact) mass is 344 g/mol. The van der Waals surface area contributed by atoms with Gasteiger partial charge in [0.25, 0.3) is 0 Å². The average Bonchev–Trinajstić information content (AvgIpc) is 2.52. The van der Waals surface area contributed by atoms with E-state index >= 15 is 0 Å². The van der Waals surface area contributed by atoms with Gasteiger partial charge in [0.2, 0.25) is 11.8 Å². The van der Waals surface area contributed by atoms with Gasteiger partial charge >= 0.3 is 11.9 Å². The van der Waals surface area contributed by atoms with Gasteiger partial charge in [-0.05, 0) is 12.8 Å². The Hall–Kier alpha value is -2.12. The number of nitrogens with one attached hydrogen (secondary N) is 2. The third-order valence-corrected chi connectivity index (χ3v) is 3.43. The van der Waals surface area contributed by atoms with Crippen molar-refractivity contribution in [1.82, 2.24) is 10.6 Å². The summed E-state index contributed by atoms with van der Waals surface area (Å²) < 4.78 is 0. The van der Waals surface area contributed by atoms with Crippen LogP contribution in [-0.4, -0.2) is 47.1 Å². The van der Waals surface area contributed by atoms with Crippen LogP contribution >= 0.6 is 0 Å². The molecule has 0 aromatic heterocycles. The molecule has 0 rings (SSSR count). The SMILES string of the molecule is O=C(O)CNC(=O)CCCCCCCCCCC(=O)NCC(=O)O. The number of carbonyl (C=O) groups excluding carboxylic acids is 2. The summed E-state index contributed by atoms with van der Waals surface area (Å²) in [4.78, 5) is 43.0. The minimum atomic E-state index is -1.04. The molecule has 0 bridgehead atoms. The van der Waals surface area contributed by atoms with E-state index in [-0.39, 0.29) is 24.9 Å². The van der Waals surface area contributed by atoms with Crippen molar-refractivity contribution in [3.05, 3.63) is 0 Å². The Morgan fingerprint density at radius 2 is 0.833 bits per heavy atom. The zero-order chi connectivity index (χ0) is 18.2. The fourth-order valence-corrected chi connectivity index (χ4v) is 2.16. The molecule has 138 valence electrons. The first kappa shape index (κ1) is 21.9. The summed E-state index contributed by atoms with van der Waals surface area (Å²) in [5.74, 6) is -2.53. The van der Waals surface area contributed by atoms with E-state index in [1.54, 1.807) is 0 Å². The Bertz CT molecular complexity index is 373. The molecule has 0 spiro atoms. The van der Waals surface area contributed by atoms with Crippen molar-refractivity contribution in [3.63, 3.8) is 0 Å². The van der Waals surface area contributed by atoms with Gasteiger partial charge in [-0.2, -0.15) is 0 Å². The number of hydrogen-bond donors (Lipinski definition) is 4. The van der Waals surface area contributed by atoms with Crippen LogP contribution in [0.25, 0.3) is 0 Å². The van der Waals surface area contributed by atoms with Crippen LogP contribution in [0, 0.1) is 0 Å². The fraction of sp³-hybridized carbons (Fsp3) is 0.750. The van der Waals surface area contributed by atoms with Crippen LogP contribution in [0.5, 0.6) is 0 Å². The molecule has 0 unspecified atom stereocenters. The molecule has 8 nitrogen and oxygen atoms in total. The molecule has 0 radical (unpaired) electrons. The molecule has 0 heterocycles. The summed E-state index contributed by atoms with van der Waals surface area (Å²) in [7, 11) is 0. The molecule has 0 saturated heterocycles. The van der Waals surface area contributed by atoms with Crippen molar-refractivity contribution in [1.29, 1.82) is 0 Å². The Morgan fingerprint density at radius 1 is 0.542 bits per heavy atom. The summed E-state index contributed by atoms with van der Waals surface area (Å²) in [6, 6.07) is 0. The second kappa shape index (κ2) is 14.5. The molecule has 0 saturated carbocycles. The molecule has 4 N–H and O–H groups in total. The molecule has 0 fully saturated rings. The number of hydrogen-bond acceptors (Lipinski definition) is 4. The molecule has 0 atom stereocenters. The van der Waals surface area contributed by atoms with Crippen molar-refractivity contribution in [3.8, 4) is 0 Å². The lowest BCUT2D eigenvalue weighted by Gasteiger charge is -2.04. The minimum Gasteiger partial charge on any atom is -0.480 e. The number of carboxylic acid groups (broad SMARTS) is 2. The normalized spacial score (nSPS) is 10.2. The van der Waals surface area contributed by atoms with Crippen molar-refractivity contribution >= 4 is 23.8 Å². The Morgan fingerprint density at radius 3 is 1.12 bits per heavy atom. The summed E-state index contributed by atoms with van der Waals surface area (Å²) in [5, 5.41) is 21.5. The minimum absolute atomic E-state index is 0.224. The Labute approximate surface area is 142 Å². The van der Waals surface area contributed by atoms with Crippen LogP contribution in [0.2, 0.25) is 0 Å². The Kier molecular flexibility index (Phi) is 13.2. The van der Waals surface area contributed by atoms with Crippen LogP contribution in [0.1, 0.15) is 64.2 Å². The molecule has 8 heteroatoms. The largest absolute Gasteiger partial charge is 0.480 e. The number of unbranched alkanes of at least 4 members (excludes halogenated alkanes) is 7. The highest BCUT2D eigenvalue weighted by Crippen LogP contribution is 2.10. The van der Waals surface area contributed by atoms with Gasteiger partial charge in [-0.1, -0.05) is 38.5 Å². The molecule has 0 aromatic carbocycles. The second-order valence-corrected chi connectivity index (χ2v) is 5.67. The maximum absolute atomic E-state index is 11.3. The van der Waals surface area contributed by atoms with Gasteiger partial charge in [0.15, 0.2) is 0 Å². The fourth-order valence-electron chi connectivity index (χ4n) is 2.16. The molecular weight excluding hydrogens is 316 g/mol. The van der Waals surface area contributed by atoms with E-state index in [9.17, 15) is 19.2 Å². The number of amides is 2. The maximum atomic E-state index is 11.3. The van der Waals surface area contributed by atoms with Crippen molar-refractivity contribution < 1.29 is 29.4 Å². The van der Waals surface area contributed by atoms with Gasteiger partial charge in [0.1, 0.15) is 13.1 Å². The second-order valence-electron chi connectivity index (χ2n) is 5.67. The van der Waals surface area contributed by atoms with Crippen molar-refractivity contribution in [2.75, 3.05) is 13.1 Å². The van der Waals surface area contributed by atoms with E-state index in [1.165, 1.54) is 0 Å². The lowest BCUT2D eigenvalue weighted by molar-refractivity contribution is -0.138. The molecule has 0 aromatic rings. The van der Waals surface area contributed by atoms with Crippen LogP contribution in [-0.2, 0) is 19.2 Å². The predicted molar refractivity (Wildman–Crippen MR) is 87.5 cm³/mol. The van der Waals surface area contributed by atoms with E-state index in [1.807, 2.05) is 0 Å². The Balaban J connectivity index is 3.28. The molecule has 2 amide bonds. The number of carboxylic acids is 2. The lowest BCUT2D eigenvalue weighted by atomic mass is 10.1. The molecule has 0 aliphatic heterocycles. The smallest absolute Gasteiger partial charge is 0.322 e. The zero-order valence-electron chi connectivity index (χ0n) is 14.0. The van der Waals surface area contributed by atoms with Gasteiger partial charge < -0.3 is 20.8 Å². The summed E-state index contributed by atoms with van der Waals surface area (Å²) in [6.45, 7) is -0.652. The molecular formula is C16H28N2O6. The number of carbonyl (C=O) groups is 4. The van der Waals surface area contributed by atoms with E-state index in [4.69, 9.17) is 10.2 Å². The average molecular weight is 344 g/mol. The van der Waals surface area contributed by atoms with Crippen molar-refractivity contribution in [2.24, 2.45) is 0 Å². The standard InChI is InChI=1S/C16H28N2O6/c19-13(17-11-15(21)22)9-7-5-3-1-2-4-6-8-10-14(20)18-12-16(23)24/h1-12H2,(H,17,19)(H,18,20)(H,21,22)(H,23,24). The lowest BCUT2D eigenvalue weighted by Crippen LogP contribution is -2.28.